The Labute approximate surface area is 156 Å². The van der Waals surface area contributed by atoms with Crippen LogP contribution in [0.1, 0.15) is 56.3 Å². The molecule has 2 aromatic heterocycles. The number of alkyl carbamates (subject to hydrolysis) is 1. The molecule has 2 amide bonds. The maximum Gasteiger partial charge on any atom is 0.407 e. The molecule has 0 bridgehead atoms. The molecule has 2 aromatic rings. The topological polar surface area (TPSA) is 122 Å². The molecular weight excluding hydrogens is 350 g/mol. The number of carbonyl (C=O) groups excluding carboxylic acids is 2. The lowest BCUT2D eigenvalue weighted by atomic mass is 10.0. The number of H-pyrrole nitrogens is 1. The minimum absolute atomic E-state index is 0.0719. The van der Waals surface area contributed by atoms with Gasteiger partial charge in [0.1, 0.15) is 12.4 Å². The summed E-state index contributed by atoms with van der Waals surface area (Å²) < 4.78 is 10.3. The normalized spacial score (nSPS) is 23.0. The van der Waals surface area contributed by atoms with Crippen LogP contribution >= 0.6 is 0 Å². The second-order valence-corrected chi connectivity index (χ2v) is 7.65. The molecular formula is C18H23N5O4. The molecule has 0 aliphatic heterocycles. The van der Waals surface area contributed by atoms with Crippen LogP contribution in [0.4, 0.5) is 10.6 Å². The molecule has 0 radical (unpaired) electrons. The minimum Gasteiger partial charge on any atom is -0.446 e. The average molecular weight is 373 g/mol. The van der Waals surface area contributed by atoms with Crippen LogP contribution in [-0.2, 0) is 16.0 Å². The van der Waals surface area contributed by atoms with Gasteiger partial charge in [0.05, 0.1) is 12.1 Å². The molecule has 9 heteroatoms. The van der Waals surface area contributed by atoms with Crippen LogP contribution < -0.4 is 10.6 Å². The van der Waals surface area contributed by atoms with E-state index in [4.69, 9.17) is 9.26 Å². The number of carbonyl (C=O) groups is 2. The first-order chi connectivity index (χ1) is 13.0. The third-order valence-corrected chi connectivity index (χ3v) is 5.20. The monoisotopic (exact) mass is 373 g/mol. The van der Waals surface area contributed by atoms with Gasteiger partial charge in [0.2, 0.25) is 5.91 Å². The number of amides is 2. The molecule has 0 saturated heterocycles. The summed E-state index contributed by atoms with van der Waals surface area (Å²) in [6.07, 6.45) is 5.63. The fourth-order valence-electron chi connectivity index (χ4n) is 3.36. The van der Waals surface area contributed by atoms with Crippen molar-refractivity contribution in [1.29, 1.82) is 0 Å². The first-order valence-electron chi connectivity index (χ1n) is 9.22. The van der Waals surface area contributed by atoms with E-state index >= 15 is 0 Å². The van der Waals surface area contributed by atoms with Crippen molar-refractivity contribution >= 4 is 17.8 Å². The molecule has 2 atom stereocenters. The Hall–Kier alpha value is -2.84. The van der Waals surface area contributed by atoms with Crippen LogP contribution in [0.2, 0.25) is 0 Å². The van der Waals surface area contributed by atoms with E-state index in [9.17, 15) is 9.59 Å². The molecule has 9 nitrogen and oxygen atoms in total. The van der Waals surface area contributed by atoms with Gasteiger partial charge in [-0.3, -0.25) is 9.89 Å². The summed E-state index contributed by atoms with van der Waals surface area (Å²) in [4.78, 5) is 23.9. The van der Waals surface area contributed by atoms with Gasteiger partial charge in [0, 0.05) is 29.3 Å². The standard InChI is InChI=1S/C18H23N5O4/c1-18(5-6-18)20-17(25)27-13-3-2-11(8-13)14-10-15(22-21-14)19-16(24)9-12-4-7-26-23-12/h4,7,10-11,13H,2-3,5-6,8-9H2,1H3,(H,20,25)(H2,19,21,22,24)/t11-,13?/m0/s1. The summed E-state index contributed by atoms with van der Waals surface area (Å²) >= 11 is 0. The molecule has 2 aliphatic rings. The molecule has 4 rings (SSSR count). The Bertz CT molecular complexity index is 812. The lowest BCUT2D eigenvalue weighted by Gasteiger charge is -2.16. The summed E-state index contributed by atoms with van der Waals surface area (Å²) in [6, 6.07) is 3.48. The van der Waals surface area contributed by atoms with Crippen LogP contribution in [0.5, 0.6) is 0 Å². The molecule has 2 heterocycles. The van der Waals surface area contributed by atoms with Crippen LogP contribution in [-0.4, -0.2) is 39.0 Å². The second kappa shape index (κ2) is 7.05. The molecule has 144 valence electrons. The highest BCUT2D eigenvalue weighted by Crippen LogP contribution is 2.37. The number of rotatable bonds is 6. The van der Waals surface area contributed by atoms with Crippen molar-refractivity contribution in [2.24, 2.45) is 0 Å². The van der Waals surface area contributed by atoms with E-state index in [1.54, 1.807) is 6.07 Å². The maximum absolute atomic E-state index is 12.0. The van der Waals surface area contributed by atoms with Crippen molar-refractivity contribution < 1.29 is 18.8 Å². The van der Waals surface area contributed by atoms with Gasteiger partial charge in [0.25, 0.3) is 0 Å². The largest absolute Gasteiger partial charge is 0.446 e. The fraction of sp³-hybridized carbons (Fsp3) is 0.556. The molecule has 0 spiro atoms. The molecule has 2 saturated carbocycles. The first kappa shape index (κ1) is 17.6. The van der Waals surface area contributed by atoms with Gasteiger partial charge in [-0.25, -0.2) is 4.79 Å². The molecule has 2 fully saturated rings. The highest BCUT2D eigenvalue weighted by Gasteiger charge is 2.40. The summed E-state index contributed by atoms with van der Waals surface area (Å²) in [5, 5.41) is 16.5. The van der Waals surface area contributed by atoms with Gasteiger partial charge in [0.15, 0.2) is 5.82 Å². The van der Waals surface area contributed by atoms with E-state index in [0.29, 0.717) is 11.5 Å². The van der Waals surface area contributed by atoms with E-state index in [2.05, 4.69) is 26.0 Å². The number of hydrogen-bond donors (Lipinski definition) is 3. The van der Waals surface area contributed by atoms with Crippen molar-refractivity contribution in [2.75, 3.05) is 5.32 Å². The van der Waals surface area contributed by atoms with Gasteiger partial charge < -0.3 is 19.9 Å². The third-order valence-electron chi connectivity index (χ3n) is 5.20. The van der Waals surface area contributed by atoms with Crippen molar-refractivity contribution in [2.45, 2.75) is 63.0 Å². The minimum atomic E-state index is -0.328. The Morgan fingerprint density at radius 1 is 1.41 bits per heavy atom. The number of aromatic nitrogens is 3. The predicted molar refractivity (Wildman–Crippen MR) is 95.1 cm³/mol. The van der Waals surface area contributed by atoms with Crippen molar-refractivity contribution in [3.63, 3.8) is 0 Å². The first-order valence-corrected chi connectivity index (χ1v) is 9.22. The lowest BCUT2D eigenvalue weighted by Crippen LogP contribution is -2.36. The van der Waals surface area contributed by atoms with E-state index in [0.717, 1.165) is 37.8 Å². The maximum atomic E-state index is 12.0. The summed E-state index contributed by atoms with van der Waals surface area (Å²) in [5.41, 5.74) is 1.43. The number of hydrogen-bond acceptors (Lipinski definition) is 6. The predicted octanol–water partition coefficient (Wildman–Crippen LogP) is 2.49. The van der Waals surface area contributed by atoms with Crippen LogP contribution in [0.15, 0.2) is 22.9 Å². The molecule has 1 unspecified atom stereocenters. The molecule has 3 N–H and O–H groups in total. The zero-order valence-corrected chi connectivity index (χ0v) is 15.2. The number of anilines is 1. The van der Waals surface area contributed by atoms with Crippen LogP contribution in [0, 0.1) is 0 Å². The second-order valence-electron chi connectivity index (χ2n) is 7.65. The Morgan fingerprint density at radius 2 is 2.26 bits per heavy atom. The average Bonchev–Trinajstić information content (AvgIpc) is 3.10. The Balaban J connectivity index is 1.26. The smallest absolute Gasteiger partial charge is 0.407 e. The zero-order valence-electron chi connectivity index (χ0n) is 15.2. The van der Waals surface area contributed by atoms with Gasteiger partial charge in [-0.15, -0.1) is 0 Å². The zero-order chi connectivity index (χ0) is 18.9. The lowest BCUT2D eigenvalue weighted by molar-refractivity contribution is -0.115. The summed E-state index contributed by atoms with van der Waals surface area (Å²) in [5.74, 6) is 0.495. The summed E-state index contributed by atoms with van der Waals surface area (Å²) in [6.45, 7) is 2.02. The van der Waals surface area contributed by atoms with E-state index in [1.165, 1.54) is 6.26 Å². The molecule has 0 aromatic carbocycles. The SMILES string of the molecule is CC1(NC(=O)OC2CC[C@H](c3cc(NC(=O)Cc4ccon4)n[nH]3)C2)CC1. The van der Waals surface area contributed by atoms with Gasteiger partial charge >= 0.3 is 6.09 Å². The number of nitrogens with one attached hydrogen (secondary N) is 3. The summed E-state index contributed by atoms with van der Waals surface area (Å²) in [7, 11) is 0. The van der Waals surface area contributed by atoms with Gasteiger partial charge in [-0.05, 0) is 39.0 Å². The third kappa shape index (κ3) is 4.47. The highest BCUT2D eigenvalue weighted by atomic mass is 16.6. The fourth-order valence-corrected chi connectivity index (χ4v) is 3.36. The Kier molecular flexibility index (Phi) is 4.59. The quantitative estimate of drug-likeness (QED) is 0.715. The Morgan fingerprint density at radius 3 is 3.00 bits per heavy atom. The van der Waals surface area contributed by atoms with Crippen molar-refractivity contribution in [3.8, 4) is 0 Å². The molecule has 27 heavy (non-hydrogen) atoms. The van der Waals surface area contributed by atoms with E-state index in [-0.39, 0.29) is 36.0 Å². The van der Waals surface area contributed by atoms with Gasteiger partial charge in [-0.1, -0.05) is 5.16 Å². The van der Waals surface area contributed by atoms with Crippen LogP contribution in [0.3, 0.4) is 0 Å². The van der Waals surface area contributed by atoms with Crippen molar-refractivity contribution in [1.82, 2.24) is 20.7 Å². The van der Waals surface area contributed by atoms with Crippen LogP contribution in [0.25, 0.3) is 0 Å². The number of ether oxygens (including phenoxy) is 1. The highest BCUT2D eigenvalue weighted by molar-refractivity contribution is 5.91. The number of aromatic amines is 1. The van der Waals surface area contributed by atoms with Crippen molar-refractivity contribution in [3.05, 3.63) is 29.8 Å². The molecule has 2 aliphatic carbocycles. The number of nitrogens with zero attached hydrogens (tertiary/aromatic N) is 2. The van der Waals surface area contributed by atoms with E-state index < -0.39 is 0 Å². The van der Waals surface area contributed by atoms with E-state index in [1.807, 2.05) is 13.0 Å². The van der Waals surface area contributed by atoms with Gasteiger partial charge in [-0.2, -0.15) is 5.10 Å².